The number of hydrogen-bond donors (Lipinski definition) is 1. The van der Waals surface area contributed by atoms with Gasteiger partial charge in [-0.25, -0.2) is 0 Å². The van der Waals surface area contributed by atoms with Crippen LogP contribution in [0.5, 0.6) is 0 Å². The molecule has 1 aliphatic heterocycles. The van der Waals surface area contributed by atoms with E-state index in [1.807, 2.05) is 0 Å². The van der Waals surface area contributed by atoms with Gasteiger partial charge in [0.1, 0.15) is 0 Å². The first-order valence-corrected chi connectivity index (χ1v) is 5.35. The second-order valence-electron chi connectivity index (χ2n) is 4.94. The van der Waals surface area contributed by atoms with Gasteiger partial charge in [-0.05, 0) is 37.0 Å². The maximum absolute atomic E-state index is 11.6. The van der Waals surface area contributed by atoms with E-state index in [0.717, 1.165) is 24.3 Å². The lowest BCUT2D eigenvalue weighted by atomic mass is 9.67. The third kappa shape index (κ3) is 0.606. The third-order valence-electron chi connectivity index (χ3n) is 4.43. The molecular weight excluding hydrogens is 178 g/mol. The number of hydrogen-bond acceptors (Lipinski definition) is 2. The van der Waals surface area contributed by atoms with Gasteiger partial charge in [0.25, 0.3) is 5.91 Å². The molecule has 1 heterocycles. The minimum absolute atomic E-state index is 0.0300. The highest BCUT2D eigenvalue weighted by Gasteiger charge is 2.61. The van der Waals surface area contributed by atoms with Crippen LogP contribution in [0.3, 0.4) is 0 Å². The van der Waals surface area contributed by atoms with Crippen LogP contribution in [0.15, 0.2) is 11.1 Å². The largest absolute Gasteiger partial charge is 0.292 e. The van der Waals surface area contributed by atoms with Gasteiger partial charge in [-0.2, -0.15) is 0 Å². The molecule has 4 unspecified atom stereocenters. The molecule has 1 saturated heterocycles. The second-order valence-corrected chi connectivity index (χ2v) is 4.94. The standard InChI is InChI=1S/C11H11NO2/c13-10-8-4-1-2-5(7-3-6(4)7)9(8)11(14)12-10/h4,6-8H,1-3H2,(H,12,13,14). The normalized spacial score (nSPS) is 47.7. The van der Waals surface area contributed by atoms with Crippen LogP contribution in [0.4, 0.5) is 0 Å². The molecule has 72 valence electrons. The molecule has 3 nitrogen and oxygen atoms in total. The van der Waals surface area contributed by atoms with Crippen LogP contribution in [0.2, 0.25) is 0 Å². The van der Waals surface area contributed by atoms with Gasteiger partial charge in [0.15, 0.2) is 0 Å². The maximum atomic E-state index is 11.6. The molecule has 0 aromatic carbocycles. The van der Waals surface area contributed by atoms with Crippen LogP contribution in [-0.2, 0) is 9.59 Å². The van der Waals surface area contributed by atoms with Crippen molar-refractivity contribution in [2.75, 3.05) is 0 Å². The minimum Gasteiger partial charge on any atom is -0.292 e. The van der Waals surface area contributed by atoms with Gasteiger partial charge in [-0.3, -0.25) is 14.9 Å². The zero-order chi connectivity index (χ0) is 9.45. The third-order valence-corrected chi connectivity index (χ3v) is 4.43. The summed E-state index contributed by atoms with van der Waals surface area (Å²) >= 11 is 0. The van der Waals surface area contributed by atoms with E-state index in [-0.39, 0.29) is 17.7 Å². The molecule has 2 bridgehead atoms. The van der Waals surface area contributed by atoms with Crippen molar-refractivity contribution < 1.29 is 9.59 Å². The van der Waals surface area contributed by atoms with Crippen LogP contribution in [0, 0.1) is 23.7 Å². The molecule has 5 rings (SSSR count). The first-order chi connectivity index (χ1) is 6.77. The van der Waals surface area contributed by atoms with Crippen molar-refractivity contribution in [3.05, 3.63) is 11.1 Å². The van der Waals surface area contributed by atoms with Gasteiger partial charge in [0.2, 0.25) is 5.91 Å². The lowest BCUT2D eigenvalue weighted by Crippen LogP contribution is -2.33. The first kappa shape index (κ1) is 7.21. The smallest absolute Gasteiger partial charge is 0.254 e. The number of carbonyl (C=O) groups excluding carboxylic acids is 2. The van der Waals surface area contributed by atoms with Crippen LogP contribution in [-0.4, -0.2) is 11.8 Å². The molecule has 0 aromatic heterocycles. The molecule has 3 heteroatoms. The van der Waals surface area contributed by atoms with E-state index in [2.05, 4.69) is 5.32 Å². The summed E-state index contributed by atoms with van der Waals surface area (Å²) in [4.78, 5) is 23.2. The van der Waals surface area contributed by atoms with Gasteiger partial charge in [-0.15, -0.1) is 0 Å². The predicted molar refractivity (Wildman–Crippen MR) is 48.0 cm³/mol. The Balaban J connectivity index is 1.98. The van der Waals surface area contributed by atoms with Crippen LogP contribution in [0.25, 0.3) is 0 Å². The van der Waals surface area contributed by atoms with Crippen LogP contribution < -0.4 is 5.32 Å². The number of fused-ring (bicyclic) bond motifs is 1. The van der Waals surface area contributed by atoms with Gasteiger partial charge in [0.05, 0.1) is 5.92 Å². The summed E-state index contributed by atoms with van der Waals surface area (Å²) in [6.45, 7) is 0. The highest BCUT2D eigenvalue weighted by atomic mass is 16.2. The van der Waals surface area contributed by atoms with E-state index in [9.17, 15) is 9.59 Å². The monoisotopic (exact) mass is 189 g/mol. The molecule has 0 spiro atoms. The summed E-state index contributed by atoms with van der Waals surface area (Å²) in [5, 5.41) is 2.46. The molecule has 4 atom stereocenters. The Morgan fingerprint density at radius 3 is 2.93 bits per heavy atom. The number of nitrogens with one attached hydrogen (secondary N) is 1. The SMILES string of the molecule is O=C1NC(=O)C2C1=C1CCC2C2CC12. The number of carbonyl (C=O) groups is 2. The van der Waals surface area contributed by atoms with E-state index >= 15 is 0 Å². The Bertz CT molecular complexity index is 410. The van der Waals surface area contributed by atoms with Gasteiger partial charge < -0.3 is 0 Å². The summed E-state index contributed by atoms with van der Waals surface area (Å²) in [5.41, 5.74) is 2.19. The minimum atomic E-state index is -0.0925. The Hall–Kier alpha value is -1.12. The lowest BCUT2D eigenvalue weighted by Gasteiger charge is -2.34. The number of imide groups is 1. The molecule has 1 N–H and O–H groups in total. The Morgan fingerprint density at radius 1 is 1.21 bits per heavy atom. The zero-order valence-electron chi connectivity index (χ0n) is 7.75. The highest BCUT2D eigenvalue weighted by Crippen LogP contribution is 2.64. The molecule has 3 fully saturated rings. The van der Waals surface area contributed by atoms with Crippen molar-refractivity contribution in [3.63, 3.8) is 0 Å². The van der Waals surface area contributed by atoms with E-state index in [0.29, 0.717) is 11.8 Å². The summed E-state index contributed by atoms with van der Waals surface area (Å²) in [6.07, 6.45) is 3.43. The molecule has 0 aromatic rings. The van der Waals surface area contributed by atoms with Gasteiger partial charge in [-0.1, -0.05) is 5.57 Å². The van der Waals surface area contributed by atoms with E-state index < -0.39 is 0 Å². The van der Waals surface area contributed by atoms with Gasteiger partial charge >= 0.3 is 0 Å². The summed E-state index contributed by atoms with van der Waals surface area (Å²) in [7, 11) is 0. The highest BCUT2D eigenvalue weighted by molar-refractivity contribution is 6.16. The summed E-state index contributed by atoms with van der Waals surface area (Å²) < 4.78 is 0. The maximum Gasteiger partial charge on any atom is 0.254 e. The topological polar surface area (TPSA) is 46.2 Å². The van der Waals surface area contributed by atoms with E-state index in [4.69, 9.17) is 0 Å². The molecule has 0 radical (unpaired) electrons. The van der Waals surface area contributed by atoms with Gasteiger partial charge in [0, 0.05) is 5.57 Å². The molecule has 14 heavy (non-hydrogen) atoms. The summed E-state index contributed by atoms with van der Waals surface area (Å²) in [6, 6.07) is 0. The predicted octanol–water partition coefficient (Wildman–Crippen LogP) is 0.615. The second kappa shape index (κ2) is 1.95. The number of amides is 2. The molecule has 2 saturated carbocycles. The van der Waals surface area contributed by atoms with Crippen molar-refractivity contribution in [3.8, 4) is 0 Å². The molecular formula is C11H11NO2. The number of rotatable bonds is 0. The lowest BCUT2D eigenvalue weighted by molar-refractivity contribution is -0.126. The molecule has 5 aliphatic rings. The van der Waals surface area contributed by atoms with Crippen molar-refractivity contribution in [2.45, 2.75) is 19.3 Å². The Morgan fingerprint density at radius 2 is 2.07 bits per heavy atom. The van der Waals surface area contributed by atoms with Crippen LogP contribution >= 0.6 is 0 Å². The van der Waals surface area contributed by atoms with Crippen LogP contribution in [0.1, 0.15) is 19.3 Å². The fraction of sp³-hybridized carbons (Fsp3) is 0.636. The quantitative estimate of drug-likeness (QED) is 0.568. The zero-order valence-corrected chi connectivity index (χ0v) is 7.75. The average molecular weight is 189 g/mol. The van der Waals surface area contributed by atoms with Crippen molar-refractivity contribution in [2.24, 2.45) is 23.7 Å². The number of allylic oxidation sites excluding steroid dienone is 1. The van der Waals surface area contributed by atoms with E-state index in [1.54, 1.807) is 0 Å². The van der Waals surface area contributed by atoms with E-state index in [1.165, 1.54) is 12.0 Å². The molecule has 4 aliphatic carbocycles. The Labute approximate surface area is 81.5 Å². The average Bonchev–Trinajstić information content (AvgIpc) is 2.92. The van der Waals surface area contributed by atoms with Crippen molar-refractivity contribution >= 4 is 11.8 Å². The summed E-state index contributed by atoms with van der Waals surface area (Å²) in [5.74, 6) is 1.72. The van der Waals surface area contributed by atoms with Crippen molar-refractivity contribution in [1.29, 1.82) is 0 Å². The Kier molecular flexibility index (Phi) is 1.00. The first-order valence-electron chi connectivity index (χ1n) is 5.35. The fourth-order valence-electron chi connectivity index (χ4n) is 3.84. The van der Waals surface area contributed by atoms with Crippen molar-refractivity contribution in [1.82, 2.24) is 5.32 Å². The fourth-order valence-corrected chi connectivity index (χ4v) is 3.84. The molecule has 2 amide bonds.